The van der Waals surface area contributed by atoms with E-state index in [0.29, 0.717) is 16.2 Å². The van der Waals surface area contributed by atoms with Gasteiger partial charge in [-0.2, -0.15) is 23.5 Å². The molecule has 3 heteroatoms. The molecule has 90 valence electrons. The summed E-state index contributed by atoms with van der Waals surface area (Å²) < 4.78 is 0.367. The van der Waals surface area contributed by atoms with E-state index in [0.717, 1.165) is 6.54 Å². The molecule has 0 amide bonds. The van der Waals surface area contributed by atoms with Gasteiger partial charge in [0.25, 0.3) is 0 Å². The smallest absolute Gasteiger partial charge is 0.0225 e. The normalized spacial score (nSPS) is 26.6. The van der Waals surface area contributed by atoms with E-state index in [4.69, 9.17) is 0 Å². The van der Waals surface area contributed by atoms with Gasteiger partial charge < -0.3 is 5.32 Å². The summed E-state index contributed by atoms with van der Waals surface area (Å²) in [6.07, 6.45) is 3.52. The van der Waals surface area contributed by atoms with Crippen LogP contribution in [0.5, 0.6) is 0 Å². The zero-order chi connectivity index (χ0) is 11.5. The molecule has 0 radical (unpaired) electrons. The number of hydrogen-bond acceptors (Lipinski definition) is 3. The summed E-state index contributed by atoms with van der Waals surface area (Å²) in [6.45, 7) is 10.5. The molecular weight excluding hydrogens is 222 g/mol. The summed E-state index contributed by atoms with van der Waals surface area (Å²) in [7, 11) is 0. The second-order valence-electron chi connectivity index (χ2n) is 5.93. The molecule has 1 aliphatic rings. The van der Waals surface area contributed by atoms with E-state index in [1.165, 1.54) is 17.9 Å². The predicted octanol–water partition coefficient (Wildman–Crippen LogP) is 3.25. The number of nitrogens with one attached hydrogen (secondary N) is 1. The Balaban J connectivity index is 2.33. The number of hydrogen-bond donors (Lipinski definition) is 1. The first-order chi connectivity index (χ1) is 6.85. The van der Waals surface area contributed by atoms with Crippen LogP contribution in [-0.2, 0) is 0 Å². The Morgan fingerprint density at radius 1 is 1.47 bits per heavy atom. The highest BCUT2D eigenvalue weighted by atomic mass is 32.2. The molecule has 0 aliphatic carbocycles. The Kier molecular flexibility index (Phi) is 4.87. The maximum atomic E-state index is 3.73. The van der Waals surface area contributed by atoms with Gasteiger partial charge in [0.15, 0.2) is 0 Å². The Hall–Kier alpha value is 0.660. The molecule has 0 aromatic rings. The highest BCUT2D eigenvalue weighted by Crippen LogP contribution is 2.33. The van der Waals surface area contributed by atoms with Crippen LogP contribution < -0.4 is 5.32 Å². The predicted molar refractivity (Wildman–Crippen MR) is 75.1 cm³/mol. The van der Waals surface area contributed by atoms with Gasteiger partial charge in [0.05, 0.1) is 0 Å². The van der Waals surface area contributed by atoms with Crippen LogP contribution >= 0.6 is 23.5 Å². The van der Waals surface area contributed by atoms with E-state index >= 15 is 0 Å². The molecule has 1 N–H and O–H groups in total. The molecule has 1 rings (SSSR count). The summed E-state index contributed by atoms with van der Waals surface area (Å²) >= 11 is 4.05. The van der Waals surface area contributed by atoms with Crippen LogP contribution in [0, 0.1) is 5.41 Å². The fraction of sp³-hybridized carbons (Fsp3) is 1.00. The Bertz CT molecular complexity index is 202. The number of thioether (sulfide) groups is 2. The van der Waals surface area contributed by atoms with Crippen LogP contribution in [0.4, 0.5) is 0 Å². The van der Waals surface area contributed by atoms with Crippen LogP contribution in [0.15, 0.2) is 0 Å². The van der Waals surface area contributed by atoms with Crippen LogP contribution in [0.25, 0.3) is 0 Å². The van der Waals surface area contributed by atoms with Gasteiger partial charge in [-0.05, 0) is 37.7 Å². The summed E-state index contributed by atoms with van der Waals surface area (Å²) in [4.78, 5) is 0. The molecule has 1 aliphatic heterocycles. The molecule has 0 spiro atoms. The Morgan fingerprint density at radius 2 is 2.13 bits per heavy atom. The quantitative estimate of drug-likeness (QED) is 0.819. The Morgan fingerprint density at radius 3 is 2.67 bits per heavy atom. The van der Waals surface area contributed by atoms with Crippen molar-refractivity contribution in [1.29, 1.82) is 0 Å². The van der Waals surface area contributed by atoms with Gasteiger partial charge in [-0.25, -0.2) is 0 Å². The second kappa shape index (κ2) is 5.33. The molecule has 1 saturated heterocycles. The van der Waals surface area contributed by atoms with Crippen molar-refractivity contribution in [1.82, 2.24) is 5.32 Å². The topological polar surface area (TPSA) is 12.0 Å². The molecule has 0 aromatic heterocycles. The van der Waals surface area contributed by atoms with Crippen LogP contribution in [0.1, 0.15) is 34.1 Å². The monoisotopic (exact) mass is 247 g/mol. The molecule has 0 aromatic carbocycles. The van der Waals surface area contributed by atoms with E-state index in [9.17, 15) is 0 Å². The van der Waals surface area contributed by atoms with Gasteiger partial charge in [0.2, 0.25) is 0 Å². The third kappa shape index (κ3) is 5.01. The molecule has 1 nitrogen and oxygen atoms in total. The lowest BCUT2D eigenvalue weighted by molar-refractivity contribution is 0.314. The van der Waals surface area contributed by atoms with Crippen molar-refractivity contribution in [2.24, 2.45) is 5.41 Å². The van der Waals surface area contributed by atoms with Crippen molar-refractivity contribution in [2.75, 3.05) is 24.3 Å². The van der Waals surface area contributed by atoms with Crippen LogP contribution in [-0.4, -0.2) is 35.1 Å². The first kappa shape index (κ1) is 13.7. The molecule has 0 bridgehead atoms. The molecule has 1 atom stereocenters. The molecule has 1 unspecified atom stereocenters. The average Bonchev–Trinajstić information content (AvgIpc) is 2.14. The van der Waals surface area contributed by atoms with Crippen LogP contribution in [0.3, 0.4) is 0 Å². The fourth-order valence-corrected chi connectivity index (χ4v) is 3.39. The lowest BCUT2D eigenvalue weighted by atomic mass is 9.87. The van der Waals surface area contributed by atoms with Gasteiger partial charge in [-0.15, -0.1) is 0 Å². The molecule has 1 fully saturated rings. The van der Waals surface area contributed by atoms with E-state index in [1.54, 1.807) is 0 Å². The second-order valence-corrected chi connectivity index (χ2v) is 8.47. The maximum absolute atomic E-state index is 3.73. The van der Waals surface area contributed by atoms with Crippen molar-refractivity contribution in [3.63, 3.8) is 0 Å². The SMILES string of the molecule is CSC(C)(C)CNC1CSCC(C)(C)C1. The average molecular weight is 247 g/mol. The van der Waals surface area contributed by atoms with Gasteiger partial charge in [0.1, 0.15) is 0 Å². The third-order valence-corrected chi connectivity index (χ3v) is 5.85. The lowest BCUT2D eigenvalue weighted by Gasteiger charge is -2.36. The van der Waals surface area contributed by atoms with Crippen molar-refractivity contribution in [3.05, 3.63) is 0 Å². The molecule has 15 heavy (non-hydrogen) atoms. The van der Waals surface area contributed by atoms with Crippen molar-refractivity contribution in [3.8, 4) is 0 Å². The highest BCUT2D eigenvalue weighted by Gasteiger charge is 2.29. The van der Waals surface area contributed by atoms with Gasteiger partial charge >= 0.3 is 0 Å². The molecular formula is C12H25NS2. The highest BCUT2D eigenvalue weighted by molar-refractivity contribution is 8.00. The minimum atomic E-state index is 0.367. The summed E-state index contributed by atoms with van der Waals surface area (Å²) in [6, 6.07) is 0.713. The van der Waals surface area contributed by atoms with E-state index in [1.807, 2.05) is 11.8 Å². The first-order valence-corrected chi connectivity index (χ1v) is 8.09. The summed E-state index contributed by atoms with van der Waals surface area (Å²) in [5.41, 5.74) is 0.518. The summed E-state index contributed by atoms with van der Waals surface area (Å²) in [5, 5.41) is 3.73. The van der Waals surface area contributed by atoms with Crippen molar-refractivity contribution in [2.45, 2.75) is 44.9 Å². The third-order valence-electron chi connectivity index (χ3n) is 2.98. The number of rotatable bonds is 4. The fourth-order valence-electron chi connectivity index (χ4n) is 1.86. The van der Waals surface area contributed by atoms with E-state index in [2.05, 4.69) is 51.0 Å². The zero-order valence-electron chi connectivity index (χ0n) is 10.7. The van der Waals surface area contributed by atoms with Crippen LogP contribution in [0.2, 0.25) is 0 Å². The minimum absolute atomic E-state index is 0.367. The standard InChI is InChI=1S/C12H25NS2/c1-11(2)6-10(7-15-9-11)13-8-12(3,4)14-5/h10,13H,6-9H2,1-5H3. The maximum Gasteiger partial charge on any atom is 0.0225 e. The Labute approximate surface area is 104 Å². The van der Waals surface area contributed by atoms with Gasteiger partial charge in [-0.3, -0.25) is 0 Å². The van der Waals surface area contributed by atoms with Gasteiger partial charge in [-0.1, -0.05) is 13.8 Å². The minimum Gasteiger partial charge on any atom is -0.312 e. The largest absolute Gasteiger partial charge is 0.312 e. The molecule has 1 heterocycles. The summed E-state index contributed by atoms with van der Waals surface area (Å²) in [5.74, 6) is 2.60. The zero-order valence-corrected chi connectivity index (χ0v) is 12.4. The first-order valence-electron chi connectivity index (χ1n) is 5.71. The van der Waals surface area contributed by atoms with E-state index < -0.39 is 0 Å². The van der Waals surface area contributed by atoms with Crippen molar-refractivity contribution >= 4 is 23.5 Å². The van der Waals surface area contributed by atoms with Crippen molar-refractivity contribution < 1.29 is 0 Å². The lowest BCUT2D eigenvalue weighted by Crippen LogP contribution is -2.45. The van der Waals surface area contributed by atoms with Gasteiger partial charge in [0, 0.05) is 23.1 Å². The van der Waals surface area contributed by atoms with E-state index in [-0.39, 0.29) is 0 Å². The molecule has 0 saturated carbocycles.